The van der Waals surface area contributed by atoms with Gasteiger partial charge in [-0.05, 0) is 143 Å². The number of benzene rings is 2. The lowest BCUT2D eigenvalue weighted by Gasteiger charge is -2.61. The number of methoxy groups -OCH3 is 1. The number of carboxylic acids is 2. The van der Waals surface area contributed by atoms with Crippen molar-refractivity contribution in [2.24, 2.45) is 28.9 Å². The summed E-state index contributed by atoms with van der Waals surface area (Å²) in [5.74, 6) is -3.00. The number of urea groups is 1. The van der Waals surface area contributed by atoms with Crippen LogP contribution in [0.2, 0.25) is 0 Å². The number of imide groups is 1. The van der Waals surface area contributed by atoms with E-state index >= 15 is 0 Å². The van der Waals surface area contributed by atoms with Gasteiger partial charge in [0.1, 0.15) is 43.3 Å². The number of carbonyl (C=O) groups excluding carboxylic acids is 7. The van der Waals surface area contributed by atoms with E-state index in [2.05, 4.69) is 51.4 Å². The molecule has 38 nitrogen and oxygen atoms in total. The molecule has 121 heavy (non-hydrogen) atoms. The van der Waals surface area contributed by atoms with Crippen molar-refractivity contribution in [2.75, 3.05) is 101 Å². The maximum atomic E-state index is 14.7. The number of para-hydroxylation sites is 1. The Morgan fingerprint density at radius 2 is 1.61 bits per heavy atom. The van der Waals surface area contributed by atoms with Crippen LogP contribution in [0.1, 0.15) is 147 Å². The summed E-state index contributed by atoms with van der Waals surface area (Å²) in [6.07, 6.45) is 13.1. The molecule has 1 saturated heterocycles. The minimum absolute atomic E-state index is 0.00762. The van der Waals surface area contributed by atoms with Crippen LogP contribution >= 0.6 is 11.3 Å². The van der Waals surface area contributed by atoms with Crippen LogP contribution in [0.4, 0.5) is 37.9 Å². The number of pyridine rings is 1. The van der Waals surface area contributed by atoms with Gasteiger partial charge >= 0.3 is 34.3 Å². The first-order valence-electron chi connectivity index (χ1n) is 40.9. The summed E-state index contributed by atoms with van der Waals surface area (Å²) in [7, 11) is -2.97. The molecule has 0 spiro atoms. The fourth-order valence-electron chi connectivity index (χ4n) is 18.1. The average molecular weight is 1710 g/mol. The van der Waals surface area contributed by atoms with E-state index < -0.39 is 101 Å². The largest absolute Gasteiger partial charge is 0.481 e. The van der Waals surface area contributed by atoms with Gasteiger partial charge < -0.3 is 75.6 Å². The van der Waals surface area contributed by atoms with Gasteiger partial charge in [-0.15, -0.1) is 15.3 Å². The number of thiazole rings is 1. The Balaban J connectivity index is 0.692. The number of fused-ring (bicyclic) bond motifs is 2. The maximum Gasteiger partial charge on any atom is 0.421 e. The summed E-state index contributed by atoms with van der Waals surface area (Å²) in [6.45, 7) is 11.2. The normalized spacial score (nSPS) is 19.7. The summed E-state index contributed by atoms with van der Waals surface area (Å²) in [5.41, 5.74) is 11.8. The number of hydrogen-bond donors (Lipinski definition) is 10. The quantitative estimate of drug-likeness (QED) is 0.0110. The zero-order valence-corrected chi connectivity index (χ0v) is 70.0. The minimum Gasteiger partial charge on any atom is -0.481 e. The van der Waals surface area contributed by atoms with Gasteiger partial charge in [0.25, 0.3) is 11.8 Å². The number of ether oxygens (including phenoxy) is 5. The van der Waals surface area contributed by atoms with Crippen molar-refractivity contribution < 1.29 is 89.9 Å². The summed E-state index contributed by atoms with van der Waals surface area (Å²) in [6, 6.07) is 12.9. The molecular formula is C81H105N20O18S2+. The summed E-state index contributed by atoms with van der Waals surface area (Å²) >= 11 is 1.54. The molecule has 648 valence electrons. The number of primary amides is 1. The second-order valence-corrected chi connectivity index (χ2v) is 35.2. The highest BCUT2D eigenvalue weighted by Crippen LogP contribution is 2.63. The Labute approximate surface area is 702 Å². The van der Waals surface area contributed by atoms with Crippen LogP contribution in [0.3, 0.4) is 0 Å². The molecule has 5 fully saturated rings. The first-order valence-corrected chi connectivity index (χ1v) is 43.2. The molecule has 8 amide bonds. The van der Waals surface area contributed by atoms with Crippen molar-refractivity contribution in [1.29, 1.82) is 0 Å². The zero-order chi connectivity index (χ0) is 85.8. The number of nitrogens with two attached hydrogens (primary N) is 1. The fourth-order valence-corrected chi connectivity index (χ4v) is 19.7. The second kappa shape index (κ2) is 38.8. The Morgan fingerprint density at radius 3 is 2.35 bits per heavy atom. The van der Waals surface area contributed by atoms with Crippen LogP contribution in [0, 0.1) is 37.0 Å². The number of likely N-dealkylation sites (tertiary alicyclic amines) is 1. The van der Waals surface area contributed by atoms with Crippen LogP contribution in [0.15, 0.2) is 79.1 Å². The van der Waals surface area contributed by atoms with Crippen LogP contribution in [-0.4, -0.2) is 230 Å². The van der Waals surface area contributed by atoms with Crippen molar-refractivity contribution in [1.82, 2.24) is 75.2 Å². The van der Waals surface area contributed by atoms with E-state index in [1.807, 2.05) is 61.2 Å². The molecule has 7 aromatic rings. The van der Waals surface area contributed by atoms with Crippen molar-refractivity contribution >= 4 is 114 Å². The smallest absolute Gasteiger partial charge is 0.421 e. The Kier molecular flexibility index (Phi) is 28.2. The van der Waals surface area contributed by atoms with Crippen LogP contribution in [0.5, 0.6) is 0 Å². The number of aromatic carboxylic acids is 1. The lowest BCUT2D eigenvalue weighted by Crippen LogP contribution is -2.58. The third kappa shape index (κ3) is 22.0. The molecular weight excluding hydrogens is 1610 g/mol. The number of rotatable bonds is 43. The maximum absolute atomic E-state index is 14.7. The summed E-state index contributed by atoms with van der Waals surface area (Å²) in [4.78, 5) is 128. The monoisotopic (exact) mass is 1710 g/mol. The van der Waals surface area contributed by atoms with Gasteiger partial charge in [0.15, 0.2) is 22.5 Å². The van der Waals surface area contributed by atoms with E-state index in [1.54, 1.807) is 36.9 Å². The molecule has 5 atom stereocenters. The zero-order valence-electron chi connectivity index (χ0n) is 68.4. The number of aromatic nitrogens is 9. The molecule has 40 heteroatoms. The first kappa shape index (κ1) is 87.8. The topological polar surface area (TPSA) is 491 Å². The lowest BCUT2D eigenvalue weighted by molar-refractivity contribution is -0.930. The molecule has 4 saturated carbocycles. The number of nitrogens with one attached hydrogen (secondary N) is 7. The number of quaternary nitrogens is 1. The number of aliphatic carboxylic acids is 1. The van der Waals surface area contributed by atoms with E-state index in [9.17, 15) is 61.8 Å². The summed E-state index contributed by atoms with van der Waals surface area (Å²) < 4.78 is 62.9. The highest BCUT2D eigenvalue weighted by molar-refractivity contribution is 7.88. The van der Waals surface area contributed by atoms with Crippen molar-refractivity contribution in [3.05, 3.63) is 118 Å². The highest BCUT2D eigenvalue weighted by Gasteiger charge is 2.59. The number of anilines is 5. The summed E-state index contributed by atoms with van der Waals surface area (Å²) in [5, 5.41) is 58.6. The number of carboxylic acid groups (broad SMARTS) is 2. The fraction of sp³-hybridized carbons (Fsp3) is 0.531. The van der Waals surface area contributed by atoms with Gasteiger partial charge in [-0.25, -0.2) is 33.8 Å². The van der Waals surface area contributed by atoms with Gasteiger partial charge in [-0.1, -0.05) is 48.6 Å². The molecule has 4 aliphatic carbocycles. The van der Waals surface area contributed by atoms with E-state index in [0.717, 1.165) is 127 Å². The van der Waals surface area contributed by atoms with Crippen LogP contribution in [-0.2, 0) is 95.4 Å². The van der Waals surface area contributed by atoms with Crippen molar-refractivity contribution in [3.8, 4) is 11.1 Å². The molecule has 2 aromatic carbocycles. The molecule has 7 aliphatic rings. The predicted molar refractivity (Wildman–Crippen MR) is 441 cm³/mol. The third-order valence-corrected chi connectivity index (χ3v) is 25.5. The Hall–Kier alpha value is -11.0. The van der Waals surface area contributed by atoms with Gasteiger partial charge in [0.2, 0.25) is 17.7 Å². The molecule has 14 rings (SSSR count). The highest BCUT2D eigenvalue weighted by atomic mass is 32.2. The van der Waals surface area contributed by atoms with Crippen molar-refractivity contribution in [3.63, 3.8) is 0 Å². The number of carbonyl (C=O) groups is 9. The Morgan fingerprint density at radius 1 is 0.835 bits per heavy atom. The standard InChI is InChI=1S/C81H104N20O18S2/c1-49(2)70(90-66(102)22-30-116-32-26-98-67(103)20-21-68(98)104)75(108)87-63(14-10-23-83-77(82)111)74(107)86-56-17-16-54(55(35-56)44-117-45-57-42-99(96-92-57)58(36-69(105)106)46-118-79(112)95-121(113,114)85-24-31-115-5)43-101(27-8-9-28-101)29-33-119-81-39-52-34-53(40-81)38-80(37-52,47-81)48-100-51(4)61(41-84-100)60-18-19-65(89-71(60)76(109)110)97-25-11-12-59-50(3)72(93-94-73(59)97)91-78-88-62-13-6-7-15-64(62)120-78/h6-7,13,15-21,35,41-42,49,52-53,58,63,70,85H,8-12,14,22-34,36-40,43-48H2,1-5H3,(H9-,82,83,86,87,88,90,91,93,95,102,105,106,107,108,109,110,111,112)/p+1/t52?,53?,58-,63-,70-,80?,81?/m0/s1. The van der Waals surface area contributed by atoms with Crippen LogP contribution < -0.4 is 46.7 Å². The second-order valence-electron chi connectivity index (χ2n) is 32.7. The first-order chi connectivity index (χ1) is 58.0. The molecule has 2 unspecified atom stereocenters. The molecule has 5 aromatic heterocycles. The van der Waals surface area contributed by atoms with Gasteiger partial charge in [0.05, 0.1) is 99.9 Å². The van der Waals surface area contributed by atoms with Gasteiger partial charge in [0, 0.05) is 104 Å². The number of hydrogen-bond acceptors (Lipinski definition) is 26. The molecule has 11 N–H and O–H groups in total. The average Bonchev–Trinajstić information content (AvgIpc) is 1.71. The third-order valence-electron chi connectivity index (χ3n) is 23.5. The van der Waals surface area contributed by atoms with E-state index in [0.29, 0.717) is 94.1 Å². The molecule has 8 heterocycles. The molecule has 0 radical (unpaired) electrons. The number of amides is 8. The van der Waals surface area contributed by atoms with E-state index in [-0.39, 0.29) is 94.3 Å². The van der Waals surface area contributed by atoms with Crippen LogP contribution in [0.25, 0.3) is 21.3 Å². The lowest BCUT2D eigenvalue weighted by atomic mass is 9.48. The van der Waals surface area contributed by atoms with Crippen molar-refractivity contribution in [2.45, 2.75) is 168 Å². The minimum atomic E-state index is -4.34. The Bertz CT molecular complexity index is 5080. The van der Waals surface area contributed by atoms with Gasteiger partial charge in [-0.2, -0.15) is 18.2 Å². The van der Waals surface area contributed by atoms with E-state index in [4.69, 9.17) is 49.6 Å². The van der Waals surface area contributed by atoms with Gasteiger partial charge in [-0.3, -0.25) is 38.3 Å². The van der Waals surface area contributed by atoms with E-state index in [1.165, 1.54) is 29.3 Å². The SMILES string of the molecule is COCCNS(=O)(=O)NC(=O)OC[C@H](CC(=O)O)n1cc(COCc2cc(NC(=O)[C@H](CCCNC(N)=O)NC(=O)[C@@H](NC(=O)CCOCCN3C(=O)C=CC3=O)C(C)C)ccc2C[N+]2(CCOC34CC5CC(CC(Cn6ncc(-c7ccc(N8CCCc9c8nnc(Nc8nc%10ccccc%10s8)c9C)nc7C(=O)O)c6C)(C5)C3)C4)CCCC2)nn1. The number of nitrogens with zero attached hydrogens (tertiary/aromatic N) is 12. The molecule has 3 aliphatic heterocycles. The molecule has 4 bridgehead atoms. The predicted octanol–water partition coefficient (Wildman–Crippen LogP) is 6.53.